The number of hydrogen-bond donors (Lipinski definition) is 1. The summed E-state index contributed by atoms with van der Waals surface area (Å²) >= 11 is 1.76. The average Bonchev–Trinajstić information content (AvgIpc) is 2.85. The van der Waals surface area contributed by atoms with Gasteiger partial charge in [0.15, 0.2) is 0 Å². The van der Waals surface area contributed by atoms with Crippen LogP contribution in [0.15, 0.2) is 53.9 Å². The van der Waals surface area contributed by atoms with Crippen molar-refractivity contribution >= 4 is 21.4 Å². The van der Waals surface area contributed by atoms with E-state index in [0.717, 1.165) is 18.4 Å². The number of halogens is 1. The number of hydrogen-bond acceptors (Lipinski definition) is 2. The highest BCUT2D eigenvalue weighted by Gasteiger charge is 2.09. The Morgan fingerprint density at radius 3 is 2.55 bits per heavy atom. The molecule has 3 rings (SSSR count). The summed E-state index contributed by atoms with van der Waals surface area (Å²) in [6, 6.07) is 15.0. The van der Waals surface area contributed by atoms with Crippen LogP contribution in [0.5, 0.6) is 0 Å². The molecule has 0 aliphatic carbocycles. The Labute approximate surface area is 121 Å². The molecule has 0 aliphatic heterocycles. The lowest BCUT2D eigenvalue weighted by Gasteiger charge is -2.11. The molecule has 0 saturated heterocycles. The molecule has 1 unspecified atom stereocenters. The third kappa shape index (κ3) is 2.89. The number of thiophene rings is 1. The van der Waals surface area contributed by atoms with Crippen LogP contribution in [0.4, 0.5) is 4.39 Å². The van der Waals surface area contributed by atoms with Crippen LogP contribution < -0.4 is 5.73 Å². The molecule has 1 nitrogen and oxygen atoms in total. The van der Waals surface area contributed by atoms with Gasteiger partial charge in [-0.15, -0.1) is 11.3 Å². The van der Waals surface area contributed by atoms with Crippen LogP contribution in [0.3, 0.4) is 0 Å². The minimum Gasteiger partial charge on any atom is -0.327 e. The van der Waals surface area contributed by atoms with Crippen LogP contribution in [0, 0.1) is 5.82 Å². The first kappa shape index (κ1) is 13.3. The minimum absolute atomic E-state index is 0.0541. The maximum absolute atomic E-state index is 12.9. The molecule has 102 valence electrons. The van der Waals surface area contributed by atoms with E-state index < -0.39 is 0 Å². The smallest absolute Gasteiger partial charge is 0.123 e. The zero-order valence-corrected chi connectivity index (χ0v) is 11.9. The highest BCUT2D eigenvalue weighted by molar-refractivity contribution is 7.17. The number of nitrogens with two attached hydrogens (primary N) is 1. The Balaban J connectivity index is 1.72. The lowest BCUT2D eigenvalue weighted by molar-refractivity contribution is 0.624. The van der Waals surface area contributed by atoms with Crippen molar-refractivity contribution < 1.29 is 4.39 Å². The fraction of sp³-hybridized carbons (Fsp3) is 0.176. The zero-order chi connectivity index (χ0) is 13.9. The van der Waals surface area contributed by atoms with E-state index in [1.54, 1.807) is 23.5 Å². The van der Waals surface area contributed by atoms with Gasteiger partial charge in [-0.25, -0.2) is 4.39 Å². The fourth-order valence-corrected chi connectivity index (χ4v) is 3.44. The molecule has 1 aromatic heterocycles. The van der Waals surface area contributed by atoms with Gasteiger partial charge in [0, 0.05) is 10.7 Å². The summed E-state index contributed by atoms with van der Waals surface area (Å²) in [6.45, 7) is 0. The van der Waals surface area contributed by atoms with E-state index in [9.17, 15) is 4.39 Å². The molecule has 20 heavy (non-hydrogen) atoms. The van der Waals surface area contributed by atoms with Gasteiger partial charge in [0.2, 0.25) is 0 Å². The second-order valence-electron chi connectivity index (χ2n) is 5.05. The number of rotatable bonds is 4. The molecular weight excluding hydrogens is 269 g/mol. The van der Waals surface area contributed by atoms with Crippen molar-refractivity contribution in [3.63, 3.8) is 0 Å². The summed E-state index contributed by atoms with van der Waals surface area (Å²) in [5.74, 6) is -0.203. The summed E-state index contributed by atoms with van der Waals surface area (Å²) in [7, 11) is 0. The predicted molar refractivity (Wildman–Crippen MR) is 83.6 cm³/mol. The molecule has 1 atom stereocenters. The highest BCUT2D eigenvalue weighted by Crippen LogP contribution is 2.26. The Kier molecular flexibility index (Phi) is 3.81. The Morgan fingerprint density at radius 1 is 1.00 bits per heavy atom. The molecule has 0 saturated carbocycles. The Bertz CT molecular complexity index is 702. The normalized spacial score (nSPS) is 12.7. The van der Waals surface area contributed by atoms with Gasteiger partial charge < -0.3 is 5.73 Å². The zero-order valence-electron chi connectivity index (χ0n) is 11.1. The van der Waals surface area contributed by atoms with Gasteiger partial charge in [-0.1, -0.05) is 30.3 Å². The van der Waals surface area contributed by atoms with Crippen LogP contribution in [0.2, 0.25) is 0 Å². The maximum atomic E-state index is 12.9. The standard InChI is InChI=1S/C17H16FNS/c18-14-7-5-12(6-8-14)9-15(19)10-13-11-20-17-4-2-1-3-16(13)17/h1-8,11,15H,9-10,19H2. The van der Waals surface area contributed by atoms with Crippen LogP contribution in [0.1, 0.15) is 11.1 Å². The van der Waals surface area contributed by atoms with Gasteiger partial charge in [-0.3, -0.25) is 0 Å². The summed E-state index contributed by atoms with van der Waals surface area (Å²) in [6.07, 6.45) is 1.62. The van der Waals surface area contributed by atoms with Crippen LogP contribution in [-0.2, 0) is 12.8 Å². The Hall–Kier alpha value is -1.71. The van der Waals surface area contributed by atoms with Crippen molar-refractivity contribution in [3.8, 4) is 0 Å². The van der Waals surface area contributed by atoms with Crippen LogP contribution in [0.25, 0.3) is 10.1 Å². The summed E-state index contributed by atoms with van der Waals surface area (Å²) in [5.41, 5.74) is 8.62. The largest absolute Gasteiger partial charge is 0.327 e. The lowest BCUT2D eigenvalue weighted by Crippen LogP contribution is -2.25. The van der Waals surface area contributed by atoms with E-state index in [4.69, 9.17) is 5.73 Å². The van der Waals surface area contributed by atoms with Gasteiger partial charge in [0.25, 0.3) is 0 Å². The SMILES string of the molecule is NC(Cc1ccc(F)cc1)Cc1csc2ccccc12. The first-order chi connectivity index (χ1) is 9.72. The van der Waals surface area contributed by atoms with Gasteiger partial charge >= 0.3 is 0 Å². The monoisotopic (exact) mass is 285 g/mol. The van der Waals surface area contributed by atoms with E-state index in [1.165, 1.54) is 27.8 Å². The van der Waals surface area contributed by atoms with E-state index >= 15 is 0 Å². The van der Waals surface area contributed by atoms with Crippen molar-refractivity contribution in [2.24, 2.45) is 5.73 Å². The average molecular weight is 285 g/mol. The van der Waals surface area contributed by atoms with Crippen molar-refractivity contribution in [2.45, 2.75) is 18.9 Å². The van der Waals surface area contributed by atoms with Gasteiger partial charge in [-0.05, 0) is 52.9 Å². The molecule has 0 aliphatic rings. The van der Waals surface area contributed by atoms with Gasteiger partial charge in [-0.2, -0.15) is 0 Å². The molecule has 3 aromatic rings. The second-order valence-corrected chi connectivity index (χ2v) is 5.96. The fourth-order valence-electron chi connectivity index (χ4n) is 2.47. The summed E-state index contributed by atoms with van der Waals surface area (Å²) < 4.78 is 14.2. The molecule has 0 spiro atoms. The van der Waals surface area contributed by atoms with E-state index in [2.05, 4.69) is 29.6 Å². The van der Waals surface area contributed by atoms with E-state index in [0.29, 0.717) is 0 Å². The molecule has 0 amide bonds. The molecule has 2 N–H and O–H groups in total. The van der Waals surface area contributed by atoms with E-state index in [-0.39, 0.29) is 11.9 Å². The van der Waals surface area contributed by atoms with Crippen LogP contribution >= 0.6 is 11.3 Å². The third-order valence-corrected chi connectivity index (χ3v) is 4.47. The van der Waals surface area contributed by atoms with Crippen molar-refractivity contribution in [3.05, 3.63) is 70.9 Å². The third-order valence-electron chi connectivity index (χ3n) is 3.45. The van der Waals surface area contributed by atoms with Crippen molar-refractivity contribution in [1.82, 2.24) is 0 Å². The second kappa shape index (κ2) is 5.73. The predicted octanol–water partition coefficient (Wildman–Crippen LogP) is 4.15. The molecule has 0 radical (unpaired) electrons. The molecule has 0 fully saturated rings. The molecule has 3 heteroatoms. The number of benzene rings is 2. The van der Waals surface area contributed by atoms with Gasteiger partial charge in [0.1, 0.15) is 5.82 Å². The van der Waals surface area contributed by atoms with E-state index in [1.807, 2.05) is 0 Å². The molecular formula is C17H16FNS. The molecule has 0 bridgehead atoms. The van der Waals surface area contributed by atoms with Crippen molar-refractivity contribution in [1.29, 1.82) is 0 Å². The number of fused-ring (bicyclic) bond motifs is 1. The first-order valence-electron chi connectivity index (χ1n) is 6.67. The Morgan fingerprint density at radius 2 is 1.75 bits per heavy atom. The summed E-state index contributed by atoms with van der Waals surface area (Å²) in [5, 5.41) is 3.49. The van der Waals surface area contributed by atoms with Gasteiger partial charge in [0.05, 0.1) is 0 Å². The maximum Gasteiger partial charge on any atom is 0.123 e. The highest BCUT2D eigenvalue weighted by atomic mass is 32.1. The minimum atomic E-state index is -0.203. The van der Waals surface area contributed by atoms with Crippen LogP contribution in [-0.4, -0.2) is 6.04 Å². The summed E-state index contributed by atoms with van der Waals surface area (Å²) in [4.78, 5) is 0. The molecule has 1 heterocycles. The topological polar surface area (TPSA) is 26.0 Å². The first-order valence-corrected chi connectivity index (χ1v) is 7.55. The molecule has 2 aromatic carbocycles. The lowest BCUT2D eigenvalue weighted by atomic mass is 9.99. The van der Waals surface area contributed by atoms with Crippen molar-refractivity contribution in [2.75, 3.05) is 0 Å². The quantitative estimate of drug-likeness (QED) is 0.765.